The molecule has 19 heavy (non-hydrogen) atoms. The first-order valence-electron chi connectivity index (χ1n) is 3.65. The summed E-state index contributed by atoms with van der Waals surface area (Å²) in [5, 5.41) is 34.1. The molecule has 0 saturated carbocycles. The minimum absolute atomic E-state index is 0. The molecule has 0 atom stereocenters. The fraction of sp³-hybridized carbons (Fsp3) is 0.500. The van der Waals surface area contributed by atoms with E-state index in [1.807, 2.05) is 0 Å². The minimum atomic E-state index is -1.08. The fourth-order valence-electron chi connectivity index (χ4n) is 0. The average molecular weight is 354 g/mol. The first-order valence-corrected chi connectivity index (χ1v) is 3.65. The van der Waals surface area contributed by atoms with Crippen LogP contribution in [0.15, 0.2) is 0 Å². The Labute approximate surface area is 239 Å². The number of carbonyl (C=O) groups excluding carboxylic acids is 3. The van der Waals surface area contributed by atoms with Crippen molar-refractivity contribution in [3.05, 3.63) is 0 Å². The predicted octanol–water partition coefficient (Wildman–Crippen LogP) is -12.6. The van der Waals surface area contributed by atoms with Crippen molar-refractivity contribution in [2.75, 3.05) is 0 Å². The SMILES string of the molecule is CC(=O)O.CC(=O)[O-].CC(=O)[O-].CC(=O)[O-].[K+].[K+].[K+]. The van der Waals surface area contributed by atoms with Gasteiger partial charge in [-0.1, -0.05) is 0 Å². The van der Waals surface area contributed by atoms with Crippen LogP contribution < -0.4 is 169 Å². The molecule has 0 aromatic carbocycles. The third-order valence-electron chi connectivity index (χ3n) is 0. The summed E-state index contributed by atoms with van der Waals surface area (Å²) < 4.78 is 0. The van der Waals surface area contributed by atoms with Gasteiger partial charge in [-0.3, -0.25) is 4.79 Å². The van der Waals surface area contributed by atoms with E-state index < -0.39 is 23.9 Å². The van der Waals surface area contributed by atoms with Crippen molar-refractivity contribution in [1.29, 1.82) is 0 Å². The molecule has 0 spiro atoms. The molecular formula is C8H13K3O8. The third kappa shape index (κ3) is 943. The van der Waals surface area contributed by atoms with Crippen molar-refractivity contribution in [3.8, 4) is 0 Å². The van der Waals surface area contributed by atoms with Crippen LogP contribution in [-0.4, -0.2) is 29.0 Å². The second-order valence-corrected chi connectivity index (χ2v) is 1.99. The van der Waals surface area contributed by atoms with E-state index in [0.717, 1.165) is 27.7 Å². The smallest absolute Gasteiger partial charge is 0.550 e. The van der Waals surface area contributed by atoms with Gasteiger partial charge in [0.25, 0.3) is 5.97 Å². The molecule has 96 valence electrons. The fourth-order valence-corrected chi connectivity index (χ4v) is 0. The van der Waals surface area contributed by atoms with Crippen molar-refractivity contribution < 1.29 is 194 Å². The molecule has 0 unspecified atom stereocenters. The van der Waals surface area contributed by atoms with E-state index in [2.05, 4.69) is 0 Å². The summed E-state index contributed by atoms with van der Waals surface area (Å²) in [4.78, 5) is 35.7. The average Bonchev–Trinajstić information content (AvgIpc) is 1.76. The van der Waals surface area contributed by atoms with Crippen LogP contribution in [-0.2, 0) is 19.2 Å². The maximum absolute atomic E-state index is 9.00. The summed E-state index contributed by atoms with van der Waals surface area (Å²) in [6, 6.07) is 0. The Morgan fingerprint density at radius 2 is 0.632 bits per heavy atom. The maximum Gasteiger partial charge on any atom is 1.00 e. The molecule has 0 radical (unpaired) electrons. The number of aliphatic carboxylic acids is 4. The quantitative estimate of drug-likeness (QED) is 0.420. The molecule has 1 N–H and O–H groups in total. The molecule has 0 aromatic heterocycles. The van der Waals surface area contributed by atoms with Crippen LogP contribution in [0.1, 0.15) is 27.7 Å². The maximum atomic E-state index is 9.00. The van der Waals surface area contributed by atoms with Gasteiger partial charge in [-0.05, 0) is 20.8 Å². The van der Waals surface area contributed by atoms with E-state index in [4.69, 9.17) is 39.6 Å². The molecule has 0 aromatic rings. The van der Waals surface area contributed by atoms with Gasteiger partial charge in [-0.2, -0.15) is 0 Å². The summed E-state index contributed by atoms with van der Waals surface area (Å²) in [5.74, 6) is -4.08. The zero-order chi connectivity index (χ0) is 14.3. The molecule has 0 bridgehead atoms. The molecule has 0 saturated heterocycles. The summed E-state index contributed by atoms with van der Waals surface area (Å²) in [7, 11) is 0. The number of hydrogen-bond acceptors (Lipinski definition) is 7. The molecule has 0 aliphatic carbocycles. The third-order valence-corrected chi connectivity index (χ3v) is 0. The molecule has 8 nitrogen and oxygen atoms in total. The van der Waals surface area contributed by atoms with Gasteiger partial charge in [0, 0.05) is 24.8 Å². The summed E-state index contributed by atoms with van der Waals surface area (Å²) in [5.41, 5.74) is 0. The van der Waals surface area contributed by atoms with Crippen molar-refractivity contribution in [2.24, 2.45) is 0 Å². The Balaban J connectivity index is -0.0000000192. The molecule has 0 aliphatic rings. The second-order valence-electron chi connectivity index (χ2n) is 1.99. The zero-order valence-corrected chi connectivity index (χ0v) is 21.7. The van der Waals surface area contributed by atoms with Crippen molar-refractivity contribution >= 4 is 23.9 Å². The molecule has 11 heteroatoms. The summed E-state index contributed by atoms with van der Waals surface area (Å²) in [6.07, 6.45) is 0. The van der Waals surface area contributed by atoms with Gasteiger partial charge in [-0.25, -0.2) is 0 Å². The zero-order valence-electron chi connectivity index (χ0n) is 12.3. The van der Waals surface area contributed by atoms with E-state index in [9.17, 15) is 0 Å². The van der Waals surface area contributed by atoms with Gasteiger partial charge in [0.05, 0.1) is 0 Å². The van der Waals surface area contributed by atoms with Gasteiger partial charge in [0.1, 0.15) is 0 Å². The van der Waals surface area contributed by atoms with Crippen LogP contribution in [0.4, 0.5) is 0 Å². The van der Waals surface area contributed by atoms with Gasteiger partial charge >= 0.3 is 154 Å². The summed E-state index contributed by atoms with van der Waals surface area (Å²) in [6.45, 7) is 4.00. The van der Waals surface area contributed by atoms with Crippen LogP contribution in [0.25, 0.3) is 0 Å². The van der Waals surface area contributed by atoms with Gasteiger partial charge in [-0.15, -0.1) is 0 Å². The van der Waals surface area contributed by atoms with Gasteiger partial charge in [0.15, 0.2) is 0 Å². The molecule has 0 aliphatic heterocycles. The summed E-state index contributed by atoms with van der Waals surface area (Å²) >= 11 is 0. The van der Waals surface area contributed by atoms with Crippen LogP contribution in [0.5, 0.6) is 0 Å². The second kappa shape index (κ2) is 37.2. The number of rotatable bonds is 0. The van der Waals surface area contributed by atoms with Crippen LogP contribution in [0, 0.1) is 0 Å². The van der Waals surface area contributed by atoms with Crippen LogP contribution in [0.2, 0.25) is 0 Å². The standard InChI is InChI=1S/4C2H4O2.3K/c4*1-2(3)4;;;/h4*1H3,(H,3,4);;;/q;;;;3*+1/p-3. The Hall–Kier alpha value is 2.79. The first kappa shape index (κ1) is 43.1. The topological polar surface area (TPSA) is 158 Å². The Morgan fingerprint density at radius 1 is 0.632 bits per heavy atom. The molecule has 0 rings (SSSR count). The molecule has 0 fully saturated rings. The van der Waals surface area contributed by atoms with Crippen LogP contribution >= 0.6 is 0 Å². The number of carboxylic acid groups (broad SMARTS) is 4. The normalized spacial score (nSPS) is 5.26. The first-order chi connectivity index (χ1) is 6.93. The molecule has 0 amide bonds. The van der Waals surface area contributed by atoms with E-state index in [1.54, 1.807) is 0 Å². The number of carboxylic acids is 4. The monoisotopic (exact) mass is 354 g/mol. The predicted molar refractivity (Wildman–Crippen MR) is 45.4 cm³/mol. The largest absolute Gasteiger partial charge is 1.00 e. The molecular weight excluding hydrogens is 341 g/mol. The van der Waals surface area contributed by atoms with Gasteiger partial charge < -0.3 is 34.8 Å². The number of carbonyl (C=O) groups is 4. The Bertz CT molecular complexity index is 168. The van der Waals surface area contributed by atoms with Gasteiger partial charge in [0.2, 0.25) is 0 Å². The van der Waals surface area contributed by atoms with E-state index >= 15 is 0 Å². The minimum Gasteiger partial charge on any atom is -0.550 e. The molecule has 0 heterocycles. The Morgan fingerprint density at radius 3 is 0.632 bits per heavy atom. The van der Waals surface area contributed by atoms with Crippen molar-refractivity contribution in [1.82, 2.24) is 0 Å². The van der Waals surface area contributed by atoms with Crippen LogP contribution in [0.3, 0.4) is 0 Å². The van der Waals surface area contributed by atoms with Crippen molar-refractivity contribution in [2.45, 2.75) is 27.7 Å². The van der Waals surface area contributed by atoms with E-state index in [0.29, 0.717) is 0 Å². The van der Waals surface area contributed by atoms with E-state index in [-0.39, 0.29) is 154 Å². The van der Waals surface area contributed by atoms with E-state index in [1.165, 1.54) is 0 Å². The Kier molecular flexibility index (Phi) is 84.3. The number of hydrogen-bond donors (Lipinski definition) is 1. The van der Waals surface area contributed by atoms with Crippen molar-refractivity contribution in [3.63, 3.8) is 0 Å².